The third-order valence-electron chi connectivity index (χ3n) is 3.35. The lowest BCUT2D eigenvalue weighted by Crippen LogP contribution is -2.23. The zero-order chi connectivity index (χ0) is 14.1. The second kappa shape index (κ2) is 4.81. The van der Waals surface area contributed by atoms with Gasteiger partial charge in [-0.3, -0.25) is 9.59 Å². The molecule has 0 aliphatic carbocycles. The summed E-state index contributed by atoms with van der Waals surface area (Å²) in [6, 6.07) is 12.6. The molecule has 20 heavy (non-hydrogen) atoms. The van der Waals surface area contributed by atoms with Crippen LogP contribution in [0, 0.1) is 0 Å². The first-order valence-electron chi connectivity index (χ1n) is 6.39. The molecule has 0 aliphatic rings. The van der Waals surface area contributed by atoms with E-state index in [1.54, 1.807) is 18.3 Å². The minimum absolute atomic E-state index is 0.0597. The number of para-hydroxylation sites is 1. The zero-order valence-corrected chi connectivity index (χ0v) is 11.1. The predicted octanol–water partition coefficient (Wildman–Crippen LogP) is 2.22. The van der Waals surface area contributed by atoms with E-state index >= 15 is 0 Å². The van der Waals surface area contributed by atoms with Gasteiger partial charge in [-0.25, -0.2) is 0 Å². The number of aryl methyl sites for hydroxylation is 1. The molecule has 2 aromatic heterocycles. The first kappa shape index (κ1) is 12.4. The first-order valence-corrected chi connectivity index (χ1v) is 6.39. The van der Waals surface area contributed by atoms with Crippen LogP contribution in [0.25, 0.3) is 10.9 Å². The van der Waals surface area contributed by atoms with E-state index in [0.717, 1.165) is 10.9 Å². The molecule has 1 aromatic carbocycles. The number of Topliss-reactive ketones (excluding diaryl/α,β-unsaturated/α-hetero) is 1. The van der Waals surface area contributed by atoms with Crippen LogP contribution in [-0.2, 0) is 13.6 Å². The molecule has 0 saturated carbocycles. The zero-order valence-electron chi connectivity index (χ0n) is 11.1. The van der Waals surface area contributed by atoms with Crippen molar-refractivity contribution in [3.05, 3.63) is 70.8 Å². The van der Waals surface area contributed by atoms with Crippen LogP contribution in [0.15, 0.2) is 59.7 Å². The van der Waals surface area contributed by atoms with E-state index in [-0.39, 0.29) is 17.9 Å². The molecule has 100 valence electrons. The number of ketones is 1. The minimum Gasteiger partial charge on any atom is -0.357 e. The molecule has 0 unspecified atom stereocenters. The number of carbonyl (C=O) groups excluding carboxylic acids is 1. The van der Waals surface area contributed by atoms with Gasteiger partial charge >= 0.3 is 0 Å². The summed E-state index contributed by atoms with van der Waals surface area (Å²) in [5.74, 6) is -0.0657. The van der Waals surface area contributed by atoms with Crippen LogP contribution in [0.3, 0.4) is 0 Å². The number of pyridine rings is 1. The highest BCUT2D eigenvalue weighted by Gasteiger charge is 2.11. The largest absolute Gasteiger partial charge is 0.357 e. The van der Waals surface area contributed by atoms with Gasteiger partial charge in [0.25, 0.3) is 5.56 Å². The number of fused-ring (bicyclic) bond motifs is 1. The van der Waals surface area contributed by atoms with Gasteiger partial charge in [0, 0.05) is 31.1 Å². The average molecular weight is 266 g/mol. The lowest BCUT2D eigenvalue weighted by Gasteiger charge is -2.08. The quantitative estimate of drug-likeness (QED) is 0.682. The number of hydrogen-bond acceptors (Lipinski definition) is 2. The Balaban J connectivity index is 2.04. The number of benzene rings is 1. The molecule has 0 radical (unpaired) electrons. The van der Waals surface area contributed by atoms with Crippen molar-refractivity contribution < 1.29 is 4.79 Å². The maximum Gasteiger partial charge on any atom is 0.251 e. The number of nitrogens with zero attached hydrogens (tertiary/aromatic N) is 2. The fourth-order valence-electron chi connectivity index (χ4n) is 2.31. The highest BCUT2D eigenvalue weighted by Crippen LogP contribution is 2.12. The molecule has 3 rings (SSSR count). The van der Waals surface area contributed by atoms with E-state index in [1.165, 1.54) is 10.6 Å². The Hall–Kier alpha value is -2.62. The third-order valence-corrected chi connectivity index (χ3v) is 3.35. The van der Waals surface area contributed by atoms with E-state index in [4.69, 9.17) is 0 Å². The van der Waals surface area contributed by atoms with E-state index in [1.807, 2.05) is 42.1 Å². The van der Waals surface area contributed by atoms with Crippen LogP contribution in [0.5, 0.6) is 0 Å². The Labute approximate surface area is 115 Å². The molecular formula is C16H14N2O2. The Bertz CT molecular complexity index is 843. The van der Waals surface area contributed by atoms with Crippen LogP contribution in [0.4, 0.5) is 0 Å². The summed E-state index contributed by atoms with van der Waals surface area (Å²) in [6.07, 6.45) is 3.58. The molecule has 0 spiro atoms. The molecule has 0 saturated heterocycles. The maximum atomic E-state index is 12.3. The average Bonchev–Trinajstić information content (AvgIpc) is 2.89. The van der Waals surface area contributed by atoms with Gasteiger partial charge < -0.3 is 9.13 Å². The van der Waals surface area contributed by atoms with Gasteiger partial charge in [0.2, 0.25) is 0 Å². The van der Waals surface area contributed by atoms with Gasteiger partial charge in [-0.1, -0.05) is 18.2 Å². The highest BCUT2D eigenvalue weighted by molar-refractivity contribution is 5.96. The Morgan fingerprint density at radius 1 is 1.10 bits per heavy atom. The summed E-state index contributed by atoms with van der Waals surface area (Å²) in [6.45, 7) is 0.0597. The Morgan fingerprint density at radius 2 is 1.90 bits per heavy atom. The summed E-state index contributed by atoms with van der Waals surface area (Å²) in [5.41, 5.74) is 1.24. The summed E-state index contributed by atoms with van der Waals surface area (Å²) in [4.78, 5) is 24.3. The fraction of sp³-hybridized carbons (Fsp3) is 0.125. The molecule has 4 heteroatoms. The first-order chi connectivity index (χ1) is 9.65. The third kappa shape index (κ3) is 2.16. The fourth-order valence-corrected chi connectivity index (χ4v) is 2.31. The molecule has 0 fully saturated rings. The van der Waals surface area contributed by atoms with Gasteiger partial charge in [-0.15, -0.1) is 0 Å². The monoisotopic (exact) mass is 266 g/mol. The maximum absolute atomic E-state index is 12.3. The molecule has 0 bridgehead atoms. The minimum atomic E-state index is -0.159. The lowest BCUT2D eigenvalue weighted by molar-refractivity contribution is 0.0972. The van der Waals surface area contributed by atoms with Crippen molar-refractivity contribution in [2.24, 2.45) is 7.05 Å². The number of aromatic nitrogens is 2. The van der Waals surface area contributed by atoms with Crippen LogP contribution in [0.2, 0.25) is 0 Å². The Kier molecular flexibility index (Phi) is 2.99. The van der Waals surface area contributed by atoms with Crippen molar-refractivity contribution in [3.8, 4) is 0 Å². The SMILES string of the molecule is Cn1ccc(C(=O)Cn2c(=O)ccc3ccccc32)c1. The lowest BCUT2D eigenvalue weighted by atomic mass is 10.2. The van der Waals surface area contributed by atoms with E-state index in [2.05, 4.69) is 0 Å². The van der Waals surface area contributed by atoms with Crippen LogP contribution in [-0.4, -0.2) is 14.9 Å². The van der Waals surface area contributed by atoms with E-state index in [0.29, 0.717) is 5.56 Å². The van der Waals surface area contributed by atoms with Crippen molar-refractivity contribution in [3.63, 3.8) is 0 Å². The Morgan fingerprint density at radius 3 is 2.65 bits per heavy atom. The van der Waals surface area contributed by atoms with Crippen LogP contribution in [0.1, 0.15) is 10.4 Å². The van der Waals surface area contributed by atoms with Crippen LogP contribution < -0.4 is 5.56 Å². The number of rotatable bonds is 3. The second-order valence-corrected chi connectivity index (χ2v) is 4.81. The highest BCUT2D eigenvalue weighted by atomic mass is 16.1. The van der Waals surface area contributed by atoms with Crippen molar-refractivity contribution in [2.45, 2.75) is 6.54 Å². The summed E-state index contributed by atoms with van der Waals surface area (Å²) in [5, 5.41) is 0.952. The van der Waals surface area contributed by atoms with Gasteiger partial charge in [0.1, 0.15) is 0 Å². The van der Waals surface area contributed by atoms with Gasteiger partial charge in [-0.2, -0.15) is 0 Å². The molecule has 0 amide bonds. The van der Waals surface area contributed by atoms with Crippen molar-refractivity contribution >= 4 is 16.7 Å². The topological polar surface area (TPSA) is 44.0 Å². The molecule has 4 nitrogen and oxygen atoms in total. The van der Waals surface area contributed by atoms with Gasteiger partial charge in [0.05, 0.1) is 12.1 Å². The van der Waals surface area contributed by atoms with Crippen LogP contribution >= 0.6 is 0 Å². The predicted molar refractivity (Wildman–Crippen MR) is 78.0 cm³/mol. The second-order valence-electron chi connectivity index (χ2n) is 4.81. The van der Waals surface area contributed by atoms with Crippen molar-refractivity contribution in [1.82, 2.24) is 9.13 Å². The van der Waals surface area contributed by atoms with Gasteiger partial charge in [0.15, 0.2) is 5.78 Å². The van der Waals surface area contributed by atoms with Crippen molar-refractivity contribution in [2.75, 3.05) is 0 Å². The molecule has 0 atom stereocenters. The normalized spacial score (nSPS) is 10.8. The number of carbonyl (C=O) groups is 1. The molecule has 3 aromatic rings. The molecule has 0 aliphatic heterocycles. The number of hydrogen-bond donors (Lipinski definition) is 0. The van der Waals surface area contributed by atoms with Crippen molar-refractivity contribution in [1.29, 1.82) is 0 Å². The summed E-state index contributed by atoms with van der Waals surface area (Å²) >= 11 is 0. The summed E-state index contributed by atoms with van der Waals surface area (Å²) < 4.78 is 3.34. The smallest absolute Gasteiger partial charge is 0.251 e. The molecule has 2 heterocycles. The van der Waals surface area contributed by atoms with E-state index in [9.17, 15) is 9.59 Å². The molecular weight excluding hydrogens is 252 g/mol. The molecule has 0 N–H and O–H groups in total. The standard InChI is InChI=1S/C16H14N2O2/c1-17-9-8-13(10-17)15(19)11-18-14-5-3-2-4-12(14)6-7-16(18)20/h2-10H,11H2,1H3. The summed E-state index contributed by atoms with van der Waals surface area (Å²) in [7, 11) is 1.86. The van der Waals surface area contributed by atoms with Gasteiger partial charge in [-0.05, 0) is 23.6 Å². The van der Waals surface area contributed by atoms with E-state index < -0.39 is 0 Å².